The lowest BCUT2D eigenvalue weighted by atomic mass is 10.1. The van der Waals surface area contributed by atoms with Crippen LogP contribution in [0.15, 0.2) is 12.1 Å². The third-order valence-corrected chi connectivity index (χ3v) is 2.10. The molecule has 0 radical (unpaired) electrons. The predicted molar refractivity (Wildman–Crippen MR) is 57.7 cm³/mol. The quantitative estimate of drug-likeness (QED) is 0.449. The highest BCUT2D eigenvalue weighted by Crippen LogP contribution is 2.38. The Balaban J connectivity index is 3.78. The van der Waals surface area contributed by atoms with Crippen LogP contribution in [0, 0.1) is 30.3 Å². The van der Waals surface area contributed by atoms with E-state index in [1.807, 2.05) is 0 Å². The first-order chi connectivity index (χ1) is 8.81. The first kappa shape index (κ1) is 14.0. The second kappa shape index (κ2) is 5.03. The third-order valence-electron chi connectivity index (χ3n) is 2.10. The summed E-state index contributed by atoms with van der Waals surface area (Å²) in [4.78, 5) is 39.8. The molecule has 0 aromatic heterocycles. The van der Waals surface area contributed by atoms with Crippen LogP contribution in [-0.4, -0.2) is 27.8 Å². The number of carbonyl (C=O) groups is 1. The lowest BCUT2D eigenvalue weighted by Gasteiger charge is -2.02. The maximum absolute atomic E-state index is 11.3. The number of esters is 1. The summed E-state index contributed by atoms with van der Waals surface area (Å²) in [7, 11) is 0.916. The van der Waals surface area contributed by atoms with E-state index in [2.05, 4.69) is 4.74 Å². The highest BCUT2D eigenvalue weighted by molar-refractivity contribution is 5.97. The van der Waals surface area contributed by atoms with Crippen LogP contribution in [0.5, 0.6) is 0 Å². The molecule has 100 valence electrons. The molecule has 0 fully saturated rings. The van der Waals surface area contributed by atoms with E-state index in [4.69, 9.17) is 0 Å². The van der Waals surface area contributed by atoms with Gasteiger partial charge in [0.05, 0.1) is 21.9 Å². The molecule has 0 N–H and O–H groups in total. The molecule has 1 aromatic carbocycles. The number of hydrogen-bond donors (Lipinski definition) is 0. The van der Waals surface area contributed by atoms with Gasteiger partial charge >= 0.3 is 23.0 Å². The van der Waals surface area contributed by atoms with Gasteiger partial charge in [-0.2, -0.15) is 0 Å². The number of ether oxygens (including phenoxy) is 1. The molecule has 0 heterocycles. The fourth-order valence-electron chi connectivity index (χ4n) is 1.36. The van der Waals surface area contributed by atoms with Gasteiger partial charge in [-0.1, -0.05) is 0 Å². The van der Waals surface area contributed by atoms with Crippen molar-refractivity contribution in [2.45, 2.75) is 0 Å². The standard InChI is InChI=1S/C8H5N3O8/c1-19-8(12)4-2-3-5(9(13)14)7(11(17)18)6(4)10(15)16/h2-3H,1H3. The molecule has 0 aliphatic carbocycles. The van der Waals surface area contributed by atoms with Gasteiger partial charge in [0, 0.05) is 6.07 Å². The van der Waals surface area contributed by atoms with Gasteiger partial charge in [0.1, 0.15) is 5.56 Å². The Hall–Kier alpha value is -3.11. The average Bonchev–Trinajstić information content (AvgIpc) is 2.35. The van der Waals surface area contributed by atoms with Crippen LogP contribution < -0.4 is 0 Å². The molecule has 0 unspecified atom stereocenters. The number of nitrogens with zero attached hydrogens (tertiary/aromatic N) is 3. The van der Waals surface area contributed by atoms with Crippen molar-refractivity contribution < 1.29 is 24.3 Å². The number of rotatable bonds is 4. The summed E-state index contributed by atoms with van der Waals surface area (Å²) in [6, 6.07) is 1.37. The Morgan fingerprint density at radius 3 is 1.89 bits per heavy atom. The smallest absolute Gasteiger partial charge is 0.423 e. The van der Waals surface area contributed by atoms with E-state index < -0.39 is 43.4 Å². The highest BCUT2D eigenvalue weighted by atomic mass is 16.6. The molecule has 0 aliphatic heterocycles. The van der Waals surface area contributed by atoms with E-state index in [1.54, 1.807) is 0 Å². The number of nitro groups is 3. The van der Waals surface area contributed by atoms with Gasteiger partial charge in [0.15, 0.2) is 0 Å². The van der Waals surface area contributed by atoms with Crippen LogP contribution in [0.3, 0.4) is 0 Å². The lowest BCUT2D eigenvalue weighted by molar-refractivity contribution is -0.441. The van der Waals surface area contributed by atoms with Gasteiger partial charge in [0.25, 0.3) is 0 Å². The minimum Gasteiger partial charge on any atom is -0.465 e. The molecular weight excluding hydrogens is 266 g/mol. The zero-order valence-corrected chi connectivity index (χ0v) is 9.26. The number of methoxy groups -OCH3 is 1. The number of nitro benzene ring substituents is 3. The van der Waals surface area contributed by atoms with E-state index in [9.17, 15) is 35.1 Å². The normalized spacial score (nSPS) is 9.74. The van der Waals surface area contributed by atoms with E-state index in [0.717, 1.165) is 13.2 Å². The van der Waals surface area contributed by atoms with Crippen LogP contribution in [0.2, 0.25) is 0 Å². The van der Waals surface area contributed by atoms with E-state index >= 15 is 0 Å². The molecule has 19 heavy (non-hydrogen) atoms. The summed E-state index contributed by atoms with van der Waals surface area (Å²) in [5.41, 5.74) is -4.45. The van der Waals surface area contributed by atoms with Crippen molar-refractivity contribution in [3.63, 3.8) is 0 Å². The second-order valence-electron chi connectivity index (χ2n) is 3.09. The SMILES string of the molecule is COC(=O)c1ccc([N+](=O)[O-])c([N+](=O)[O-])c1[N+](=O)[O-]. The largest absolute Gasteiger partial charge is 0.465 e. The second-order valence-corrected chi connectivity index (χ2v) is 3.09. The minimum absolute atomic E-state index is 0.636. The summed E-state index contributed by atoms with van der Waals surface area (Å²) < 4.78 is 4.23. The Morgan fingerprint density at radius 2 is 1.53 bits per heavy atom. The van der Waals surface area contributed by atoms with Gasteiger partial charge in [0.2, 0.25) is 0 Å². The first-order valence-electron chi connectivity index (χ1n) is 4.49. The van der Waals surface area contributed by atoms with Crippen molar-refractivity contribution in [1.29, 1.82) is 0 Å². The van der Waals surface area contributed by atoms with Crippen molar-refractivity contribution in [3.8, 4) is 0 Å². The van der Waals surface area contributed by atoms with Gasteiger partial charge in [-0.25, -0.2) is 4.79 Å². The van der Waals surface area contributed by atoms with Crippen molar-refractivity contribution in [3.05, 3.63) is 48.0 Å². The Kier molecular flexibility index (Phi) is 3.70. The molecular formula is C8H5N3O8. The van der Waals surface area contributed by atoms with Crippen molar-refractivity contribution in [2.75, 3.05) is 7.11 Å². The highest BCUT2D eigenvalue weighted by Gasteiger charge is 2.40. The molecule has 1 aromatic rings. The molecule has 0 bridgehead atoms. The fraction of sp³-hybridized carbons (Fsp3) is 0.125. The zero-order valence-electron chi connectivity index (χ0n) is 9.26. The Bertz CT molecular complexity index is 596. The van der Waals surface area contributed by atoms with Crippen molar-refractivity contribution in [1.82, 2.24) is 0 Å². The van der Waals surface area contributed by atoms with Crippen LogP contribution in [-0.2, 0) is 4.74 Å². The lowest BCUT2D eigenvalue weighted by Crippen LogP contribution is -2.09. The van der Waals surface area contributed by atoms with E-state index in [-0.39, 0.29) is 0 Å². The summed E-state index contributed by atoms with van der Waals surface area (Å²) in [5.74, 6) is -1.20. The molecule has 1 rings (SSSR count). The molecule has 0 amide bonds. The van der Waals surface area contributed by atoms with E-state index in [1.165, 1.54) is 0 Å². The van der Waals surface area contributed by atoms with Crippen LogP contribution in [0.1, 0.15) is 10.4 Å². The van der Waals surface area contributed by atoms with Crippen molar-refractivity contribution in [2.24, 2.45) is 0 Å². The van der Waals surface area contributed by atoms with Gasteiger partial charge in [-0.05, 0) is 6.07 Å². The topological polar surface area (TPSA) is 156 Å². The number of carbonyl (C=O) groups excluding carboxylic acids is 1. The van der Waals surface area contributed by atoms with Crippen LogP contribution >= 0.6 is 0 Å². The molecule has 0 atom stereocenters. The molecule has 0 saturated heterocycles. The Labute approximate surface area is 103 Å². The van der Waals surface area contributed by atoms with Crippen LogP contribution in [0.4, 0.5) is 17.1 Å². The molecule has 0 aliphatic rings. The van der Waals surface area contributed by atoms with Gasteiger partial charge in [-0.3, -0.25) is 30.3 Å². The Morgan fingerprint density at radius 1 is 1.00 bits per heavy atom. The molecule has 11 nitrogen and oxygen atoms in total. The molecule has 11 heteroatoms. The number of hydrogen-bond acceptors (Lipinski definition) is 8. The molecule has 0 saturated carbocycles. The van der Waals surface area contributed by atoms with Crippen LogP contribution in [0.25, 0.3) is 0 Å². The van der Waals surface area contributed by atoms with Gasteiger partial charge in [-0.15, -0.1) is 0 Å². The first-order valence-corrected chi connectivity index (χ1v) is 4.49. The van der Waals surface area contributed by atoms with Crippen molar-refractivity contribution >= 4 is 23.0 Å². The minimum atomic E-state index is -1.36. The predicted octanol–water partition coefficient (Wildman–Crippen LogP) is 1.20. The van der Waals surface area contributed by atoms with E-state index in [0.29, 0.717) is 6.07 Å². The summed E-state index contributed by atoms with van der Waals surface area (Å²) in [5, 5.41) is 32.2. The summed E-state index contributed by atoms with van der Waals surface area (Å²) in [6.45, 7) is 0. The average molecular weight is 271 g/mol. The maximum Gasteiger partial charge on any atom is 0.423 e. The fourth-order valence-corrected chi connectivity index (χ4v) is 1.36. The molecule has 0 spiro atoms. The van der Waals surface area contributed by atoms with Gasteiger partial charge < -0.3 is 4.74 Å². The maximum atomic E-state index is 11.3. The monoisotopic (exact) mass is 271 g/mol. The number of benzene rings is 1. The zero-order chi connectivity index (χ0) is 14.7. The summed E-state index contributed by atoms with van der Waals surface area (Å²) in [6.07, 6.45) is 0. The summed E-state index contributed by atoms with van der Waals surface area (Å²) >= 11 is 0. The third kappa shape index (κ3) is 2.43.